The summed E-state index contributed by atoms with van der Waals surface area (Å²) in [7, 11) is 0. The van der Waals surface area contributed by atoms with E-state index in [0.29, 0.717) is 6.42 Å². The molecule has 0 spiro atoms. The van der Waals surface area contributed by atoms with Gasteiger partial charge in [-0.1, -0.05) is 39.0 Å². The molecule has 146 valence electrons. The number of rotatable bonds is 8. The second kappa shape index (κ2) is 9.11. The van der Waals surface area contributed by atoms with E-state index in [1.807, 2.05) is 24.3 Å². The predicted octanol–water partition coefficient (Wildman–Crippen LogP) is 3.83. The van der Waals surface area contributed by atoms with Crippen molar-refractivity contribution >= 4 is 5.97 Å². The van der Waals surface area contributed by atoms with Crippen LogP contribution in [-0.2, 0) is 6.42 Å². The summed E-state index contributed by atoms with van der Waals surface area (Å²) < 4.78 is 0. The SMILES string of the molecule is CC(C)(C)[C@H](CC[C@H](N)Cc1ccc(C(=O)O)cc1)[C@H](O)c1cccnc1. The standard InChI is InChI=1S/C22H30N2O3/c1-22(2,3)19(20(25)17-5-4-12-24-14-17)11-10-18(23)13-15-6-8-16(9-7-15)21(26)27/h4-9,12,14,18-20,25H,10-11,13,23H2,1-3H3,(H,26,27)/t18-,19+,20+/m0/s1. The van der Waals surface area contributed by atoms with Crippen LogP contribution >= 0.6 is 0 Å². The molecule has 2 rings (SSSR count). The first-order valence-electron chi connectivity index (χ1n) is 9.34. The highest BCUT2D eigenvalue weighted by atomic mass is 16.4. The van der Waals surface area contributed by atoms with Gasteiger partial charge in [-0.15, -0.1) is 0 Å². The van der Waals surface area contributed by atoms with Crippen molar-refractivity contribution in [1.82, 2.24) is 4.98 Å². The highest BCUT2D eigenvalue weighted by Crippen LogP contribution is 2.39. The van der Waals surface area contributed by atoms with Crippen molar-refractivity contribution in [1.29, 1.82) is 0 Å². The Balaban J connectivity index is 1.98. The number of nitrogens with two attached hydrogens (primary N) is 1. The third kappa shape index (κ3) is 6.15. The predicted molar refractivity (Wildman–Crippen MR) is 106 cm³/mol. The van der Waals surface area contributed by atoms with E-state index in [-0.39, 0.29) is 22.9 Å². The zero-order chi connectivity index (χ0) is 20.0. The molecule has 0 aliphatic rings. The maximum absolute atomic E-state index is 10.9. The number of carbonyl (C=O) groups is 1. The lowest BCUT2D eigenvalue weighted by atomic mass is 9.72. The van der Waals surface area contributed by atoms with Crippen LogP contribution in [0.4, 0.5) is 0 Å². The number of aromatic carboxylic acids is 1. The lowest BCUT2D eigenvalue weighted by Gasteiger charge is -2.35. The van der Waals surface area contributed by atoms with Gasteiger partial charge in [0.25, 0.3) is 0 Å². The molecule has 0 amide bonds. The Labute approximate surface area is 161 Å². The Morgan fingerprint density at radius 2 is 1.81 bits per heavy atom. The topological polar surface area (TPSA) is 96.4 Å². The van der Waals surface area contributed by atoms with Gasteiger partial charge in [0.05, 0.1) is 11.7 Å². The summed E-state index contributed by atoms with van der Waals surface area (Å²) in [4.78, 5) is 15.0. The van der Waals surface area contributed by atoms with E-state index in [9.17, 15) is 9.90 Å². The van der Waals surface area contributed by atoms with Gasteiger partial charge >= 0.3 is 5.97 Å². The zero-order valence-electron chi connectivity index (χ0n) is 16.3. The number of carboxylic acids is 1. The molecule has 0 bridgehead atoms. The molecule has 1 heterocycles. The third-order valence-electron chi connectivity index (χ3n) is 5.07. The van der Waals surface area contributed by atoms with Crippen molar-refractivity contribution in [3.05, 3.63) is 65.5 Å². The molecule has 1 aromatic heterocycles. The van der Waals surface area contributed by atoms with Gasteiger partial charge in [0.15, 0.2) is 0 Å². The van der Waals surface area contributed by atoms with Crippen LogP contribution in [0, 0.1) is 11.3 Å². The van der Waals surface area contributed by atoms with E-state index in [2.05, 4.69) is 25.8 Å². The summed E-state index contributed by atoms with van der Waals surface area (Å²) in [5, 5.41) is 19.8. The molecule has 5 heteroatoms. The number of hydrogen-bond acceptors (Lipinski definition) is 4. The summed E-state index contributed by atoms with van der Waals surface area (Å²) >= 11 is 0. The molecular weight excluding hydrogens is 340 g/mol. The van der Waals surface area contributed by atoms with Crippen molar-refractivity contribution in [2.75, 3.05) is 0 Å². The number of pyridine rings is 1. The molecule has 4 N–H and O–H groups in total. The fourth-order valence-corrected chi connectivity index (χ4v) is 3.43. The van der Waals surface area contributed by atoms with E-state index in [1.54, 1.807) is 24.5 Å². The van der Waals surface area contributed by atoms with Crippen LogP contribution in [-0.4, -0.2) is 27.2 Å². The van der Waals surface area contributed by atoms with E-state index in [1.165, 1.54) is 0 Å². The quantitative estimate of drug-likeness (QED) is 0.656. The molecule has 2 aromatic rings. The molecule has 1 aromatic carbocycles. The Hall–Kier alpha value is -2.24. The largest absolute Gasteiger partial charge is 0.478 e. The van der Waals surface area contributed by atoms with Gasteiger partial charge in [-0.2, -0.15) is 0 Å². The average molecular weight is 370 g/mol. The Bertz CT molecular complexity index is 723. The average Bonchev–Trinajstić information content (AvgIpc) is 2.61. The molecule has 27 heavy (non-hydrogen) atoms. The minimum absolute atomic E-state index is 0.0494. The van der Waals surface area contributed by atoms with Gasteiger partial charge in [-0.3, -0.25) is 4.98 Å². The number of aliphatic hydroxyl groups excluding tert-OH is 1. The summed E-state index contributed by atoms with van der Waals surface area (Å²) in [5.41, 5.74) is 8.38. The molecule has 0 unspecified atom stereocenters. The van der Waals surface area contributed by atoms with Crippen LogP contribution in [0.1, 0.15) is 61.2 Å². The smallest absolute Gasteiger partial charge is 0.335 e. The monoisotopic (exact) mass is 370 g/mol. The molecule has 0 saturated carbocycles. The highest BCUT2D eigenvalue weighted by molar-refractivity contribution is 5.87. The van der Waals surface area contributed by atoms with E-state index in [4.69, 9.17) is 10.8 Å². The minimum atomic E-state index is -0.928. The van der Waals surface area contributed by atoms with E-state index >= 15 is 0 Å². The number of nitrogens with zero attached hydrogens (tertiary/aromatic N) is 1. The van der Waals surface area contributed by atoms with Crippen molar-refractivity contribution < 1.29 is 15.0 Å². The molecule has 3 atom stereocenters. The lowest BCUT2D eigenvalue weighted by Crippen LogP contribution is -2.30. The zero-order valence-corrected chi connectivity index (χ0v) is 16.3. The second-order valence-electron chi connectivity index (χ2n) is 8.25. The number of carboxylic acid groups (broad SMARTS) is 1. The summed E-state index contributed by atoms with van der Waals surface area (Å²) in [6, 6.07) is 10.5. The maximum Gasteiger partial charge on any atom is 0.335 e. The normalized spacial score (nSPS) is 15.1. The van der Waals surface area contributed by atoms with Gasteiger partial charge in [0.1, 0.15) is 0 Å². The number of benzene rings is 1. The molecule has 0 fully saturated rings. The Kier molecular flexibility index (Phi) is 7.11. The van der Waals surface area contributed by atoms with Crippen molar-refractivity contribution in [3.8, 4) is 0 Å². The van der Waals surface area contributed by atoms with Crippen LogP contribution in [0.3, 0.4) is 0 Å². The first-order valence-corrected chi connectivity index (χ1v) is 9.34. The molecule has 0 saturated heterocycles. The molecule has 5 nitrogen and oxygen atoms in total. The first kappa shape index (κ1) is 21.1. The van der Waals surface area contributed by atoms with Crippen LogP contribution in [0.25, 0.3) is 0 Å². The lowest BCUT2D eigenvalue weighted by molar-refractivity contribution is 0.0334. The summed E-state index contributed by atoms with van der Waals surface area (Å²) in [5.74, 6) is -0.870. The van der Waals surface area contributed by atoms with Gasteiger partial charge < -0.3 is 15.9 Å². The Morgan fingerprint density at radius 3 is 2.33 bits per heavy atom. The fraction of sp³-hybridized carbons (Fsp3) is 0.455. The molecule has 0 aliphatic carbocycles. The number of aliphatic hydroxyl groups is 1. The van der Waals surface area contributed by atoms with Crippen LogP contribution in [0.2, 0.25) is 0 Å². The van der Waals surface area contributed by atoms with Gasteiger partial charge in [0.2, 0.25) is 0 Å². The van der Waals surface area contributed by atoms with Gasteiger partial charge in [-0.05, 0) is 59.9 Å². The van der Waals surface area contributed by atoms with Crippen LogP contribution < -0.4 is 5.73 Å². The van der Waals surface area contributed by atoms with Crippen LogP contribution in [0.5, 0.6) is 0 Å². The molecular formula is C22H30N2O3. The second-order valence-corrected chi connectivity index (χ2v) is 8.25. The van der Waals surface area contributed by atoms with Gasteiger partial charge in [-0.25, -0.2) is 4.79 Å². The van der Waals surface area contributed by atoms with Gasteiger partial charge in [0, 0.05) is 18.4 Å². The van der Waals surface area contributed by atoms with Crippen molar-refractivity contribution in [2.45, 2.75) is 52.2 Å². The first-order chi connectivity index (χ1) is 12.7. The highest BCUT2D eigenvalue weighted by Gasteiger charge is 2.32. The van der Waals surface area contributed by atoms with Crippen molar-refractivity contribution in [3.63, 3.8) is 0 Å². The maximum atomic E-state index is 10.9. The number of aromatic nitrogens is 1. The third-order valence-corrected chi connectivity index (χ3v) is 5.07. The van der Waals surface area contributed by atoms with E-state index < -0.39 is 12.1 Å². The van der Waals surface area contributed by atoms with Crippen molar-refractivity contribution in [2.24, 2.45) is 17.1 Å². The summed E-state index contributed by atoms with van der Waals surface area (Å²) in [6.07, 6.45) is 5.09. The number of hydrogen-bond donors (Lipinski definition) is 3. The Morgan fingerprint density at radius 1 is 1.15 bits per heavy atom. The van der Waals surface area contributed by atoms with E-state index in [0.717, 1.165) is 24.0 Å². The molecule has 0 radical (unpaired) electrons. The minimum Gasteiger partial charge on any atom is -0.478 e. The van der Waals surface area contributed by atoms with Crippen LogP contribution in [0.15, 0.2) is 48.8 Å². The fourth-order valence-electron chi connectivity index (χ4n) is 3.43. The summed E-state index contributed by atoms with van der Waals surface area (Å²) in [6.45, 7) is 6.40. The molecule has 0 aliphatic heterocycles.